The van der Waals surface area contributed by atoms with Gasteiger partial charge >= 0.3 is 6.03 Å². The molecule has 1 heterocycles. The molecular formula is C19H21N3O5S. The summed E-state index contributed by atoms with van der Waals surface area (Å²) in [5.74, 6) is 0.394. The molecule has 8 nitrogen and oxygen atoms in total. The van der Waals surface area contributed by atoms with E-state index < -0.39 is 21.9 Å². The molecule has 2 aromatic rings. The second-order valence-electron chi connectivity index (χ2n) is 6.46. The lowest BCUT2D eigenvalue weighted by Crippen LogP contribution is -2.38. The van der Waals surface area contributed by atoms with E-state index in [2.05, 4.69) is 16.0 Å². The van der Waals surface area contributed by atoms with Crippen molar-refractivity contribution in [1.29, 1.82) is 0 Å². The Morgan fingerprint density at radius 3 is 2.43 bits per heavy atom. The van der Waals surface area contributed by atoms with Crippen molar-refractivity contribution in [2.24, 2.45) is 0 Å². The SMILES string of the molecule is COc1ccc(NC(=O)c2cccc(NC(=O)N[C@H]3CCS(=O)(=O)C3)c2)cc1. The molecule has 3 amide bonds. The monoisotopic (exact) mass is 403 g/mol. The van der Waals surface area contributed by atoms with Crippen LogP contribution in [0.4, 0.5) is 16.2 Å². The summed E-state index contributed by atoms with van der Waals surface area (Å²) >= 11 is 0. The fourth-order valence-electron chi connectivity index (χ4n) is 2.88. The topological polar surface area (TPSA) is 114 Å². The van der Waals surface area contributed by atoms with Crippen molar-refractivity contribution >= 4 is 33.2 Å². The molecule has 1 aliphatic heterocycles. The van der Waals surface area contributed by atoms with Gasteiger partial charge in [0.25, 0.3) is 5.91 Å². The summed E-state index contributed by atoms with van der Waals surface area (Å²) in [6.07, 6.45) is 0.403. The van der Waals surface area contributed by atoms with Gasteiger partial charge in [-0.1, -0.05) is 6.07 Å². The Morgan fingerprint density at radius 1 is 1.04 bits per heavy atom. The van der Waals surface area contributed by atoms with Gasteiger partial charge in [-0.3, -0.25) is 4.79 Å². The van der Waals surface area contributed by atoms with E-state index in [1.54, 1.807) is 55.6 Å². The molecule has 1 atom stereocenters. The van der Waals surface area contributed by atoms with Crippen molar-refractivity contribution in [3.05, 3.63) is 54.1 Å². The minimum absolute atomic E-state index is 0.0509. The number of amides is 3. The van der Waals surface area contributed by atoms with Gasteiger partial charge in [0.1, 0.15) is 5.75 Å². The molecule has 1 aliphatic rings. The number of rotatable bonds is 5. The van der Waals surface area contributed by atoms with E-state index in [4.69, 9.17) is 4.74 Å². The van der Waals surface area contributed by atoms with Gasteiger partial charge in [0.2, 0.25) is 0 Å². The van der Waals surface area contributed by atoms with Crippen LogP contribution >= 0.6 is 0 Å². The molecule has 3 N–H and O–H groups in total. The number of hydrogen-bond acceptors (Lipinski definition) is 5. The van der Waals surface area contributed by atoms with Crippen LogP contribution in [0.15, 0.2) is 48.5 Å². The fourth-order valence-corrected chi connectivity index (χ4v) is 4.55. The summed E-state index contributed by atoms with van der Waals surface area (Å²) in [6.45, 7) is 0. The summed E-state index contributed by atoms with van der Waals surface area (Å²) in [5.41, 5.74) is 1.42. The van der Waals surface area contributed by atoms with E-state index in [0.29, 0.717) is 29.1 Å². The fraction of sp³-hybridized carbons (Fsp3) is 0.263. The lowest BCUT2D eigenvalue weighted by Gasteiger charge is -2.13. The Balaban J connectivity index is 1.59. The number of carbonyl (C=O) groups excluding carboxylic acids is 2. The lowest BCUT2D eigenvalue weighted by atomic mass is 10.2. The van der Waals surface area contributed by atoms with Gasteiger partial charge in [-0.25, -0.2) is 13.2 Å². The van der Waals surface area contributed by atoms with Crippen LogP contribution in [0.25, 0.3) is 0 Å². The molecule has 9 heteroatoms. The number of anilines is 2. The number of benzene rings is 2. The average molecular weight is 403 g/mol. The highest BCUT2D eigenvalue weighted by Gasteiger charge is 2.28. The zero-order valence-corrected chi connectivity index (χ0v) is 16.1. The number of hydrogen-bond donors (Lipinski definition) is 3. The van der Waals surface area contributed by atoms with E-state index in [-0.39, 0.29) is 17.4 Å². The summed E-state index contributed by atoms with van der Waals surface area (Å²) in [5, 5.41) is 8.04. The molecule has 0 spiro atoms. The third-order valence-corrected chi connectivity index (χ3v) is 6.07. The Morgan fingerprint density at radius 2 is 1.79 bits per heavy atom. The predicted octanol–water partition coefficient (Wildman–Crippen LogP) is 2.26. The van der Waals surface area contributed by atoms with E-state index in [9.17, 15) is 18.0 Å². The van der Waals surface area contributed by atoms with Crippen LogP contribution < -0.4 is 20.7 Å². The van der Waals surface area contributed by atoms with E-state index in [0.717, 1.165) is 0 Å². The summed E-state index contributed by atoms with van der Waals surface area (Å²) in [6, 6.07) is 12.5. The molecule has 2 aromatic carbocycles. The second-order valence-corrected chi connectivity index (χ2v) is 8.69. The lowest BCUT2D eigenvalue weighted by molar-refractivity contribution is 0.102. The molecule has 1 saturated heterocycles. The van der Waals surface area contributed by atoms with E-state index in [1.807, 2.05) is 0 Å². The van der Waals surface area contributed by atoms with Gasteiger partial charge in [-0.15, -0.1) is 0 Å². The highest BCUT2D eigenvalue weighted by Crippen LogP contribution is 2.17. The molecule has 28 heavy (non-hydrogen) atoms. The van der Waals surface area contributed by atoms with Gasteiger partial charge in [0.05, 0.1) is 18.6 Å². The molecule has 0 aliphatic carbocycles. The predicted molar refractivity (Wildman–Crippen MR) is 107 cm³/mol. The molecule has 148 valence electrons. The van der Waals surface area contributed by atoms with Crippen molar-refractivity contribution in [1.82, 2.24) is 5.32 Å². The molecule has 0 saturated carbocycles. The molecule has 0 unspecified atom stereocenters. The normalized spacial score (nSPS) is 17.5. The third kappa shape index (κ3) is 5.23. The molecule has 1 fully saturated rings. The maximum atomic E-state index is 12.4. The van der Waals surface area contributed by atoms with Crippen LogP contribution in [0, 0.1) is 0 Å². The van der Waals surface area contributed by atoms with Gasteiger partial charge in [0.15, 0.2) is 9.84 Å². The van der Waals surface area contributed by atoms with E-state index >= 15 is 0 Å². The Labute approximate surface area is 163 Å². The van der Waals surface area contributed by atoms with Gasteiger partial charge < -0.3 is 20.7 Å². The van der Waals surface area contributed by atoms with Crippen LogP contribution in [0.3, 0.4) is 0 Å². The molecule has 0 aromatic heterocycles. The van der Waals surface area contributed by atoms with Crippen LogP contribution in [0.5, 0.6) is 5.75 Å². The maximum absolute atomic E-state index is 12.4. The first-order chi connectivity index (χ1) is 13.3. The zero-order chi connectivity index (χ0) is 20.1. The molecule has 0 radical (unpaired) electrons. The first kappa shape index (κ1) is 19.7. The quantitative estimate of drug-likeness (QED) is 0.709. The Hall–Kier alpha value is -3.07. The molecule has 0 bridgehead atoms. The van der Waals surface area contributed by atoms with E-state index in [1.165, 1.54) is 0 Å². The number of nitrogens with one attached hydrogen (secondary N) is 3. The first-order valence-corrected chi connectivity index (χ1v) is 10.5. The molecule has 3 rings (SSSR count). The minimum Gasteiger partial charge on any atom is -0.497 e. The smallest absolute Gasteiger partial charge is 0.319 e. The van der Waals surface area contributed by atoms with Gasteiger partial charge in [-0.2, -0.15) is 0 Å². The number of carbonyl (C=O) groups is 2. The highest BCUT2D eigenvalue weighted by atomic mass is 32.2. The standard InChI is InChI=1S/C19H21N3O5S/c1-27-17-7-5-14(6-8-17)20-18(23)13-3-2-4-15(11-13)21-19(24)22-16-9-10-28(25,26)12-16/h2-8,11,16H,9-10,12H2,1H3,(H,20,23)(H2,21,22,24)/t16-/m0/s1. The minimum atomic E-state index is -3.07. The maximum Gasteiger partial charge on any atom is 0.319 e. The van der Waals surface area contributed by atoms with Gasteiger partial charge in [-0.05, 0) is 48.9 Å². The first-order valence-electron chi connectivity index (χ1n) is 8.68. The summed E-state index contributed by atoms with van der Waals surface area (Å²) < 4.78 is 28.0. The number of urea groups is 1. The summed E-state index contributed by atoms with van der Waals surface area (Å²) in [7, 11) is -1.51. The van der Waals surface area contributed by atoms with Crippen molar-refractivity contribution in [2.45, 2.75) is 12.5 Å². The van der Waals surface area contributed by atoms with Crippen LogP contribution in [-0.2, 0) is 9.84 Å². The van der Waals surface area contributed by atoms with Crippen LogP contribution in [0.1, 0.15) is 16.8 Å². The van der Waals surface area contributed by atoms with Crippen LogP contribution in [-0.4, -0.2) is 45.0 Å². The number of sulfone groups is 1. The third-order valence-electron chi connectivity index (χ3n) is 4.30. The zero-order valence-electron chi connectivity index (χ0n) is 15.3. The van der Waals surface area contributed by atoms with Crippen molar-refractivity contribution in [3.8, 4) is 5.75 Å². The highest BCUT2D eigenvalue weighted by molar-refractivity contribution is 7.91. The number of ether oxygens (including phenoxy) is 1. The Bertz CT molecular complexity index is 973. The summed E-state index contributed by atoms with van der Waals surface area (Å²) in [4.78, 5) is 24.5. The van der Waals surface area contributed by atoms with Crippen LogP contribution in [0.2, 0.25) is 0 Å². The molecular weight excluding hydrogens is 382 g/mol. The largest absolute Gasteiger partial charge is 0.497 e. The van der Waals surface area contributed by atoms with Crippen molar-refractivity contribution in [2.75, 3.05) is 29.2 Å². The van der Waals surface area contributed by atoms with Crippen molar-refractivity contribution in [3.63, 3.8) is 0 Å². The number of methoxy groups -OCH3 is 1. The average Bonchev–Trinajstić information content (AvgIpc) is 3.00. The Kier molecular flexibility index (Phi) is 5.84. The van der Waals surface area contributed by atoms with Crippen molar-refractivity contribution < 1.29 is 22.7 Å². The second kappa shape index (κ2) is 8.30. The van der Waals surface area contributed by atoms with Gasteiger partial charge in [0, 0.05) is 23.0 Å².